The first-order chi connectivity index (χ1) is 18.6. The van der Waals surface area contributed by atoms with Crippen molar-refractivity contribution < 1.29 is 21.1 Å². The van der Waals surface area contributed by atoms with Crippen LogP contribution in [0.5, 0.6) is 0 Å². The third-order valence-electron chi connectivity index (χ3n) is 7.22. The Bertz CT molecular complexity index is 1440. The fraction of sp³-hybridized carbons (Fsp3) is 0.237. The van der Waals surface area contributed by atoms with Gasteiger partial charge in [0, 0.05) is 27.3 Å². The van der Waals surface area contributed by atoms with Gasteiger partial charge in [-0.2, -0.15) is 42.5 Å². The molecule has 0 N–H and O–H groups in total. The van der Waals surface area contributed by atoms with Gasteiger partial charge in [-0.1, -0.05) is 71.9 Å². The van der Waals surface area contributed by atoms with Crippen LogP contribution in [0, 0.1) is 18.2 Å². The van der Waals surface area contributed by atoms with Crippen LogP contribution in [0.1, 0.15) is 75.3 Å². The molecule has 1 nitrogen and oxygen atoms in total. The van der Waals surface area contributed by atoms with Gasteiger partial charge in [-0.3, -0.25) is 0 Å². The second-order valence-electron chi connectivity index (χ2n) is 12.3. The van der Waals surface area contributed by atoms with Gasteiger partial charge in [0.2, 0.25) is 0 Å². The van der Waals surface area contributed by atoms with Gasteiger partial charge >= 0.3 is 0 Å². The van der Waals surface area contributed by atoms with E-state index in [1.54, 1.807) is 0 Å². The van der Waals surface area contributed by atoms with Crippen LogP contribution in [0.15, 0.2) is 103 Å². The van der Waals surface area contributed by atoms with Crippen LogP contribution in [0.3, 0.4) is 0 Å². The number of aromatic nitrogens is 1. The Labute approximate surface area is 255 Å². The third-order valence-corrected chi connectivity index (χ3v) is 7.22. The molecule has 0 amide bonds. The molecule has 0 spiro atoms. The van der Waals surface area contributed by atoms with Gasteiger partial charge in [0.1, 0.15) is 0 Å². The van der Waals surface area contributed by atoms with E-state index < -0.39 is 0 Å². The Morgan fingerprint density at radius 2 is 1.18 bits per heavy atom. The van der Waals surface area contributed by atoms with Crippen LogP contribution >= 0.6 is 0 Å². The van der Waals surface area contributed by atoms with Crippen molar-refractivity contribution in [3.63, 3.8) is 0 Å². The van der Waals surface area contributed by atoms with Gasteiger partial charge in [-0.05, 0) is 45.2 Å². The molecule has 1 unspecified atom stereocenters. The number of benzene rings is 4. The summed E-state index contributed by atoms with van der Waals surface area (Å²) in [6.45, 7) is 13.7. The topological polar surface area (TPSA) is 12.9 Å². The van der Waals surface area contributed by atoms with Crippen LogP contribution < -0.4 is 0 Å². The van der Waals surface area contributed by atoms with Crippen molar-refractivity contribution in [2.75, 3.05) is 0 Å². The number of pyridine rings is 1. The van der Waals surface area contributed by atoms with Crippen LogP contribution in [-0.2, 0) is 31.9 Å². The van der Waals surface area contributed by atoms with Crippen molar-refractivity contribution in [3.8, 4) is 22.4 Å². The minimum atomic E-state index is -0.0410. The van der Waals surface area contributed by atoms with E-state index in [0.717, 1.165) is 33.5 Å². The Morgan fingerprint density at radius 3 is 1.73 bits per heavy atom. The monoisotopic (exact) mass is 701 g/mol. The molecule has 206 valence electrons. The smallest absolute Gasteiger partial charge is 0.0160 e. The number of hydrogen-bond donors (Lipinski definition) is 0. The van der Waals surface area contributed by atoms with Gasteiger partial charge in [0.25, 0.3) is 0 Å². The van der Waals surface area contributed by atoms with Crippen LogP contribution in [0.25, 0.3) is 22.4 Å². The van der Waals surface area contributed by atoms with E-state index in [4.69, 9.17) is 0 Å². The van der Waals surface area contributed by atoms with Crippen molar-refractivity contribution in [2.24, 2.45) is 0 Å². The first-order valence-corrected chi connectivity index (χ1v) is 13.7. The summed E-state index contributed by atoms with van der Waals surface area (Å²) in [5, 5.41) is 0. The zero-order chi connectivity index (χ0) is 27.6. The Morgan fingerprint density at radius 1 is 0.600 bits per heavy atom. The van der Waals surface area contributed by atoms with E-state index >= 15 is 0 Å². The molecule has 0 saturated heterocycles. The molecular weight excluding hydrogens is 666 g/mol. The Balaban J connectivity index is 0.00000370. The van der Waals surface area contributed by atoms with Crippen LogP contribution in [0.4, 0.5) is 0 Å². The summed E-state index contributed by atoms with van der Waals surface area (Å²) in [4.78, 5) is 4.60. The first kappa shape index (κ1) is 29.7. The van der Waals surface area contributed by atoms with E-state index in [1.807, 2.05) is 36.5 Å². The molecule has 1 atom stereocenters. The average molecular weight is 702 g/mol. The number of nitrogens with zero attached hydrogens (tertiary/aromatic N) is 1. The summed E-state index contributed by atoms with van der Waals surface area (Å²) in [7, 11) is 0. The largest absolute Gasteiger partial charge is 0.305 e. The van der Waals surface area contributed by atoms with Crippen molar-refractivity contribution in [1.82, 2.24) is 4.98 Å². The van der Waals surface area contributed by atoms with Crippen molar-refractivity contribution in [1.29, 1.82) is 0 Å². The summed E-state index contributed by atoms with van der Waals surface area (Å²) in [5.74, 6) is -0.0410. The van der Waals surface area contributed by atoms with Gasteiger partial charge in [-0.25, -0.2) is 11.1 Å². The Hall–Kier alpha value is -3.28. The fourth-order valence-corrected chi connectivity index (χ4v) is 4.91. The van der Waals surface area contributed by atoms with Crippen molar-refractivity contribution >= 4 is 0 Å². The molecule has 2 heteroatoms. The van der Waals surface area contributed by atoms with E-state index in [9.17, 15) is 0 Å². The molecule has 4 aromatic carbocycles. The summed E-state index contributed by atoms with van der Waals surface area (Å²) >= 11 is 0. The molecule has 0 radical (unpaired) electrons. The predicted octanol–water partition coefficient (Wildman–Crippen LogP) is 9.59. The maximum absolute atomic E-state index is 4.60. The number of rotatable bonds is 5. The molecule has 0 aliphatic carbocycles. The summed E-state index contributed by atoms with van der Waals surface area (Å²) in [6, 6.07) is 45.0. The quantitative estimate of drug-likeness (QED) is 0.131. The van der Waals surface area contributed by atoms with Crippen LogP contribution in [0.2, 0.25) is 0 Å². The van der Waals surface area contributed by atoms with E-state index in [-0.39, 0.29) is 37.8 Å². The molecule has 5 rings (SSSR count). The second kappa shape index (κ2) is 12.1. The van der Waals surface area contributed by atoms with Gasteiger partial charge in [0.15, 0.2) is 0 Å². The first-order valence-electron chi connectivity index (χ1n) is 13.7. The average Bonchev–Trinajstić information content (AvgIpc) is 2.93. The zero-order valence-electron chi connectivity index (χ0n) is 24.2. The van der Waals surface area contributed by atoms with E-state index in [2.05, 4.69) is 131 Å². The molecule has 0 bridgehead atoms. The maximum Gasteiger partial charge on any atom is 0.0160 e. The molecule has 0 saturated carbocycles. The summed E-state index contributed by atoms with van der Waals surface area (Å²) < 4.78 is 0. The molecule has 5 aromatic rings. The normalized spacial score (nSPS) is 12.4. The molecule has 0 aliphatic rings. The number of hydrogen-bond acceptors (Lipinski definition) is 1. The summed E-state index contributed by atoms with van der Waals surface area (Å²) in [6.07, 6.45) is 1.84. The molecule has 1 aromatic heterocycles. The van der Waals surface area contributed by atoms with Gasteiger partial charge in [-0.15, -0.1) is 53.1 Å². The molecular formula is C38H36NPt-3. The molecule has 0 aliphatic heterocycles. The van der Waals surface area contributed by atoms with E-state index in [0.29, 0.717) is 0 Å². The standard InChI is InChI=1S/C38H36N.Pt/c1-37(2,3)33-24-32(25-34(26-33)38(4,5)6)36(30-18-12-16-28(22-30)27-14-8-7-9-15-27)31-19-13-17-29(23-31)35-20-10-11-21-39-35;/h7-14,16-21,24-26,36H,1-6H3;/q-3;. The molecule has 40 heavy (non-hydrogen) atoms. The molecule has 0 fully saturated rings. The molecule has 1 heterocycles. The third kappa shape index (κ3) is 6.71. The van der Waals surface area contributed by atoms with Crippen LogP contribution in [-0.4, -0.2) is 4.98 Å². The van der Waals surface area contributed by atoms with Gasteiger partial charge < -0.3 is 4.98 Å². The zero-order valence-corrected chi connectivity index (χ0v) is 26.4. The summed E-state index contributed by atoms with van der Waals surface area (Å²) in [5.41, 5.74) is 10.2. The maximum atomic E-state index is 4.60. The van der Waals surface area contributed by atoms with Gasteiger partial charge in [0.05, 0.1) is 0 Å². The SMILES string of the molecule is CC(C)(C)c1cc(C(c2[c-]c(-c3[c-]cccc3)ccc2)c2[c-]c(-c3ccccn3)ccc2)cc(C(C)(C)C)c1.[Pt]. The van der Waals surface area contributed by atoms with E-state index in [1.165, 1.54) is 16.7 Å². The minimum absolute atomic E-state index is 0. The van der Waals surface area contributed by atoms with Crippen molar-refractivity contribution in [3.05, 3.63) is 149 Å². The second-order valence-corrected chi connectivity index (χ2v) is 12.3. The minimum Gasteiger partial charge on any atom is -0.305 e. The van der Waals surface area contributed by atoms with Crippen molar-refractivity contribution in [2.45, 2.75) is 58.3 Å². The fourth-order valence-electron chi connectivity index (χ4n) is 4.91. The predicted molar refractivity (Wildman–Crippen MR) is 163 cm³/mol. The Kier molecular flexibility index (Phi) is 8.96.